The van der Waals surface area contributed by atoms with E-state index in [9.17, 15) is 9.18 Å². The smallest absolute Gasteiger partial charge is 0.231 e. The van der Waals surface area contributed by atoms with Crippen LogP contribution in [0.5, 0.6) is 11.5 Å². The van der Waals surface area contributed by atoms with Crippen molar-refractivity contribution in [2.75, 3.05) is 6.79 Å². The van der Waals surface area contributed by atoms with Crippen LogP contribution < -0.4 is 9.47 Å². The van der Waals surface area contributed by atoms with Crippen molar-refractivity contribution in [3.63, 3.8) is 0 Å². The predicted molar refractivity (Wildman–Crippen MR) is 77.3 cm³/mol. The second-order valence-corrected chi connectivity index (χ2v) is 4.85. The zero-order valence-electron chi connectivity index (χ0n) is 10.8. The van der Waals surface area contributed by atoms with Crippen LogP contribution in [0.3, 0.4) is 0 Å². The Morgan fingerprint density at radius 3 is 2.71 bits per heavy atom. The van der Waals surface area contributed by atoms with Gasteiger partial charge in [-0.1, -0.05) is 17.7 Å². The lowest BCUT2D eigenvalue weighted by Crippen LogP contribution is -1.93. The van der Waals surface area contributed by atoms with E-state index in [4.69, 9.17) is 21.1 Å². The quantitative estimate of drug-likeness (QED) is 0.632. The summed E-state index contributed by atoms with van der Waals surface area (Å²) in [5.41, 5.74) is 1.14. The number of carbonyl (C=O) groups is 1. The number of hydrogen-bond donors (Lipinski definition) is 0. The minimum atomic E-state index is -0.377. The highest BCUT2D eigenvalue weighted by atomic mass is 35.5. The van der Waals surface area contributed by atoms with Crippen LogP contribution in [0.15, 0.2) is 42.5 Å². The summed E-state index contributed by atoms with van der Waals surface area (Å²) < 4.78 is 23.3. The normalized spacial score (nSPS) is 12.9. The summed E-state index contributed by atoms with van der Waals surface area (Å²) in [6.45, 7) is 0.136. The number of benzene rings is 2. The number of fused-ring (bicyclic) bond motifs is 1. The van der Waals surface area contributed by atoms with Crippen LogP contribution in [0.2, 0.25) is 5.02 Å². The molecule has 1 aliphatic heterocycles. The van der Waals surface area contributed by atoms with Crippen molar-refractivity contribution in [1.82, 2.24) is 0 Å². The van der Waals surface area contributed by atoms with Gasteiger partial charge in [0.1, 0.15) is 5.82 Å². The maximum Gasteiger partial charge on any atom is 0.231 e. The van der Waals surface area contributed by atoms with Gasteiger partial charge in [0.25, 0.3) is 0 Å². The Hall–Kier alpha value is -2.33. The van der Waals surface area contributed by atoms with Crippen LogP contribution in [0.1, 0.15) is 15.9 Å². The van der Waals surface area contributed by atoms with Crippen molar-refractivity contribution in [2.45, 2.75) is 0 Å². The van der Waals surface area contributed by atoms with Crippen LogP contribution in [0.25, 0.3) is 6.08 Å². The van der Waals surface area contributed by atoms with E-state index >= 15 is 0 Å². The van der Waals surface area contributed by atoms with Crippen molar-refractivity contribution in [1.29, 1.82) is 0 Å². The number of ketones is 1. The molecule has 2 aromatic carbocycles. The lowest BCUT2D eigenvalue weighted by molar-refractivity contribution is 0.104. The van der Waals surface area contributed by atoms with Gasteiger partial charge >= 0.3 is 0 Å². The number of allylic oxidation sites excluding steroid dienone is 1. The molecule has 3 nitrogen and oxygen atoms in total. The van der Waals surface area contributed by atoms with Gasteiger partial charge in [-0.25, -0.2) is 4.39 Å². The third-order valence-electron chi connectivity index (χ3n) is 3.01. The molecular formula is C16H10ClFO3. The van der Waals surface area contributed by atoms with Crippen LogP contribution in [0.4, 0.5) is 4.39 Å². The molecule has 0 spiro atoms. The third kappa shape index (κ3) is 2.90. The van der Waals surface area contributed by atoms with E-state index < -0.39 is 0 Å². The lowest BCUT2D eigenvalue weighted by Gasteiger charge is -2.01. The fourth-order valence-electron chi connectivity index (χ4n) is 1.97. The summed E-state index contributed by atoms with van der Waals surface area (Å²) >= 11 is 6.06. The van der Waals surface area contributed by atoms with Crippen LogP contribution in [0, 0.1) is 5.82 Å². The largest absolute Gasteiger partial charge is 0.454 e. The summed E-state index contributed by atoms with van der Waals surface area (Å²) in [6.07, 6.45) is 3.03. The number of ether oxygens (including phenoxy) is 2. The molecule has 0 aromatic heterocycles. The van der Waals surface area contributed by atoms with Gasteiger partial charge in [-0.05, 0) is 48.0 Å². The second-order valence-electron chi connectivity index (χ2n) is 4.44. The molecule has 21 heavy (non-hydrogen) atoms. The van der Waals surface area contributed by atoms with Crippen molar-refractivity contribution < 1.29 is 18.7 Å². The Balaban J connectivity index is 1.81. The summed E-state index contributed by atoms with van der Waals surface area (Å²) in [5, 5.41) is 0.430. The first-order valence-corrected chi connectivity index (χ1v) is 6.58. The van der Waals surface area contributed by atoms with E-state index in [0.29, 0.717) is 22.1 Å². The monoisotopic (exact) mass is 304 g/mol. The second kappa shape index (κ2) is 5.58. The molecule has 106 valence electrons. The number of carbonyl (C=O) groups excluding carboxylic acids is 1. The number of rotatable bonds is 3. The highest BCUT2D eigenvalue weighted by Crippen LogP contribution is 2.40. The van der Waals surface area contributed by atoms with Gasteiger partial charge in [-0.2, -0.15) is 0 Å². The predicted octanol–water partition coefficient (Wildman–Crippen LogP) is 4.10. The summed E-state index contributed by atoms with van der Waals surface area (Å²) in [7, 11) is 0. The van der Waals surface area contributed by atoms with Crippen molar-refractivity contribution in [3.8, 4) is 11.5 Å². The molecule has 5 heteroatoms. The maximum atomic E-state index is 12.8. The first-order valence-electron chi connectivity index (χ1n) is 6.20. The van der Waals surface area contributed by atoms with Gasteiger partial charge in [0.15, 0.2) is 17.3 Å². The fourth-order valence-corrected chi connectivity index (χ4v) is 2.24. The lowest BCUT2D eigenvalue weighted by atomic mass is 10.1. The molecule has 0 atom stereocenters. The number of hydrogen-bond acceptors (Lipinski definition) is 3. The van der Waals surface area contributed by atoms with Gasteiger partial charge < -0.3 is 9.47 Å². The van der Waals surface area contributed by atoms with Crippen LogP contribution in [-0.4, -0.2) is 12.6 Å². The summed E-state index contributed by atoms with van der Waals surface area (Å²) in [6, 6.07) is 8.80. The van der Waals surface area contributed by atoms with Crippen molar-refractivity contribution >= 4 is 23.5 Å². The van der Waals surface area contributed by atoms with Gasteiger partial charge in [0.05, 0.1) is 5.02 Å². The van der Waals surface area contributed by atoms with Crippen LogP contribution in [-0.2, 0) is 0 Å². The first-order chi connectivity index (χ1) is 10.1. The van der Waals surface area contributed by atoms with Crippen molar-refractivity contribution in [2.24, 2.45) is 0 Å². The average Bonchev–Trinajstić information content (AvgIpc) is 2.94. The Morgan fingerprint density at radius 2 is 1.95 bits per heavy atom. The highest BCUT2D eigenvalue weighted by molar-refractivity contribution is 6.32. The Kier molecular flexibility index (Phi) is 3.62. The van der Waals surface area contributed by atoms with E-state index in [0.717, 1.165) is 5.56 Å². The highest BCUT2D eigenvalue weighted by Gasteiger charge is 2.17. The van der Waals surface area contributed by atoms with Gasteiger partial charge in [-0.15, -0.1) is 0 Å². The molecule has 0 aliphatic carbocycles. The standard InChI is InChI=1S/C16H10ClFO3/c17-13-7-10(8-15-16(13)21-9-20-15)1-6-14(19)11-2-4-12(18)5-3-11/h1-8H,9H2/b6-1+. The molecule has 0 fully saturated rings. The average molecular weight is 305 g/mol. The Bertz CT molecular complexity index is 723. The van der Waals surface area contributed by atoms with Crippen LogP contribution >= 0.6 is 11.6 Å². The molecule has 2 aromatic rings. The zero-order valence-corrected chi connectivity index (χ0v) is 11.6. The molecule has 0 amide bonds. The molecule has 0 saturated heterocycles. The minimum absolute atomic E-state index is 0.136. The van der Waals surface area contributed by atoms with E-state index in [1.165, 1.54) is 30.3 Å². The van der Waals surface area contributed by atoms with E-state index in [1.54, 1.807) is 18.2 Å². The van der Waals surface area contributed by atoms with Gasteiger partial charge in [-0.3, -0.25) is 4.79 Å². The molecule has 0 radical (unpaired) electrons. The summed E-state index contributed by atoms with van der Waals surface area (Å²) in [5.74, 6) is 0.469. The summed E-state index contributed by atoms with van der Waals surface area (Å²) in [4.78, 5) is 11.9. The molecule has 1 aliphatic rings. The zero-order chi connectivity index (χ0) is 14.8. The molecule has 0 unspecified atom stereocenters. The molecule has 0 bridgehead atoms. The molecule has 0 N–H and O–H groups in total. The number of halogens is 2. The molecular weight excluding hydrogens is 295 g/mol. The fraction of sp³-hybridized carbons (Fsp3) is 0.0625. The maximum absolute atomic E-state index is 12.8. The molecule has 3 rings (SSSR count). The van der Waals surface area contributed by atoms with E-state index in [-0.39, 0.29) is 18.4 Å². The Morgan fingerprint density at radius 1 is 1.19 bits per heavy atom. The van der Waals surface area contributed by atoms with Gasteiger partial charge in [0, 0.05) is 5.56 Å². The Labute approximate surface area is 125 Å². The van der Waals surface area contributed by atoms with Crippen molar-refractivity contribution in [3.05, 3.63) is 64.4 Å². The first kappa shape index (κ1) is 13.6. The molecule has 1 heterocycles. The third-order valence-corrected chi connectivity index (χ3v) is 3.29. The topological polar surface area (TPSA) is 35.5 Å². The molecule has 0 saturated carbocycles. The minimum Gasteiger partial charge on any atom is -0.454 e. The van der Waals surface area contributed by atoms with Gasteiger partial charge in [0.2, 0.25) is 6.79 Å². The van der Waals surface area contributed by atoms with E-state index in [1.807, 2.05) is 0 Å². The van der Waals surface area contributed by atoms with E-state index in [2.05, 4.69) is 0 Å². The SMILES string of the molecule is O=C(/C=C/c1cc(Cl)c2c(c1)OCO2)c1ccc(F)cc1.